The highest BCUT2D eigenvalue weighted by molar-refractivity contribution is 6.31. The minimum atomic E-state index is -0.522. The lowest BCUT2D eigenvalue weighted by atomic mass is 10.1. The monoisotopic (exact) mass is 464 g/mol. The highest BCUT2D eigenvalue weighted by atomic mass is 35.5. The molecule has 3 aromatic rings. The summed E-state index contributed by atoms with van der Waals surface area (Å²) >= 11 is 11.4. The third kappa shape index (κ3) is 6.04. The molecular formula is C21H19Cl2FN4O3. The van der Waals surface area contributed by atoms with Crippen molar-refractivity contribution in [3.05, 3.63) is 59.1 Å². The summed E-state index contributed by atoms with van der Waals surface area (Å²) in [6.45, 7) is 3.14. The summed E-state index contributed by atoms with van der Waals surface area (Å²) in [5.74, 6) is -0.0958. The van der Waals surface area contributed by atoms with Crippen LogP contribution >= 0.6 is 23.2 Å². The van der Waals surface area contributed by atoms with Crippen molar-refractivity contribution in [3.8, 4) is 5.75 Å². The standard InChI is InChI=1S/C21H19Cl2FN4O3/c1-2-30-7-8-31-19-11-17-14(10-18(19)28-20(29)5-6-22)21(26-12-25-17)27-13-3-4-16(24)15(23)9-13/h3-6,9-12H,2,7-8H2,1H3,(H,28,29)(H,25,26,27). The van der Waals surface area contributed by atoms with Gasteiger partial charge in [-0.1, -0.05) is 23.2 Å². The van der Waals surface area contributed by atoms with Gasteiger partial charge in [-0.25, -0.2) is 14.4 Å². The number of hydrogen-bond acceptors (Lipinski definition) is 6. The molecule has 1 heterocycles. The zero-order valence-electron chi connectivity index (χ0n) is 16.5. The van der Waals surface area contributed by atoms with Gasteiger partial charge in [0.2, 0.25) is 5.91 Å². The Balaban J connectivity index is 1.98. The van der Waals surface area contributed by atoms with Gasteiger partial charge >= 0.3 is 0 Å². The van der Waals surface area contributed by atoms with Gasteiger partial charge < -0.3 is 20.1 Å². The van der Waals surface area contributed by atoms with Crippen LogP contribution in [0.5, 0.6) is 5.75 Å². The maximum atomic E-state index is 13.5. The lowest BCUT2D eigenvalue weighted by molar-refractivity contribution is -0.111. The molecule has 0 aliphatic carbocycles. The zero-order valence-corrected chi connectivity index (χ0v) is 18.0. The van der Waals surface area contributed by atoms with Gasteiger partial charge in [-0.2, -0.15) is 0 Å². The molecule has 0 saturated heterocycles. The van der Waals surface area contributed by atoms with E-state index in [-0.39, 0.29) is 11.6 Å². The molecule has 3 rings (SSSR count). The van der Waals surface area contributed by atoms with Crippen LogP contribution in [0.1, 0.15) is 6.92 Å². The van der Waals surface area contributed by atoms with Crippen molar-refractivity contribution in [3.63, 3.8) is 0 Å². The third-order valence-corrected chi connectivity index (χ3v) is 4.50. The first kappa shape index (κ1) is 22.7. The molecule has 10 heteroatoms. The summed E-state index contributed by atoms with van der Waals surface area (Å²) in [5.41, 5.74) is 2.63. The number of benzene rings is 2. The van der Waals surface area contributed by atoms with Crippen LogP contribution in [0, 0.1) is 5.82 Å². The Kier molecular flexibility index (Phi) is 8.00. The van der Waals surface area contributed by atoms with Gasteiger partial charge in [0, 0.05) is 35.4 Å². The molecule has 0 radical (unpaired) electrons. The van der Waals surface area contributed by atoms with E-state index in [1.165, 1.54) is 30.6 Å². The number of anilines is 3. The number of rotatable bonds is 9. The first-order valence-corrected chi connectivity index (χ1v) is 10.1. The summed E-state index contributed by atoms with van der Waals surface area (Å²) in [5, 5.41) is 6.39. The van der Waals surface area contributed by atoms with E-state index in [9.17, 15) is 9.18 Å². The Hall–Kier alpha value is -2.94. The van der Waals surface area contributed by atoms with Crippen LogP contribution in [0.3, 0.4) is 0 Å². The van der Waals surface area contributed by atoms with Crippen LogP contribution in [0.15, 0.2) is 48.3 Å². The largest absolute Gasteiger partial charge is 0.489 e. The predicted octanol–water partition coefficient (Wildman–Crippen LogP) is 5.27. The van der Waals surface area contributed by atoms with Crippen molar-refractivity contribution in [2.45, 2.75) is 6.92 Å². The summed E-state index contributed by atoms with van der Waals surface area (Å²) in [4.78, 5) is 20.6. The number of nitrogens with zero attached hydrogens (tertiary/aromatic N) is 2. The number of nitrogens with one attached hydrogen (secondary N) is 2. The molecular weight excluding hydrogens is 446 g/mol. The number of carbonyl (C=O) groups excluding carboxylic acids is 1. The van der Waals surface area contributed by atoms with Crippen molar-refractivity contribution < 1.29 is 18.7 Å². The normalized spacial score (nSPS) is 11.1. The van der Waals surface area contributed by atoms with Crippen LogP contribution < -0.4 is 15.4 Å². The second-order valence-electron chi connectivity index (χ2n) is 6.17. The molecule has 0 saturated carbocycles. The van der Waals surface area contributed by atoms with Gasteiger partial charge in [-0.3, -0.25) is 4.79 Å². The molecule has 0 bridgehead atoms. The van der Waals surface area contributed by atoms with Crippen LogP contribution in [0.4, 0.5) is 21.6 Å². The molecule has 0 aliphatic heterocycles. The van der Waals surface area contributed by atoms with Crippen molar-refractivity contribution in [2.75, 3.05) is 30.5 Å². The SMILES string of the molecule is CCOCCOc1cc2ncnc(Nc3ccc(F)c(Cl)c3)c2cc1NC(=O)C=CCl. The van der Waals surface area contributed by atoms with Gasteiger partial charge in [0.25, 0.3) is 0 Å². The Bertz CT molecular complexity index is 1110. The van der Waals surface area contributed by atoms with Gasteiger partial charge in [0.1, 0.15) is 30.3 Å². The van der Waals surface area contributed by atoms with E-state index < -0.39 is 11.7 Å². The first-order chi connectivity index (χ1) is 15.0. The second kappa shape index (κ2) is 10.9. The minimum Gasteiger partial charge on any atom is -0.489 e. The maximum absolute atomic E-state index is 13.5. The van der Waals surface area contributed by atoms with Crippen LogP contribution in [0.25, 0.3) is 10.9 Å². The fourth-order valence-electron chi connectivity index (χ4n) is 2.70. The summed E-state index contributed by atoms with van der Waals surface area (Å²) in [7, 11) is 0. The van der Waals surface area contributed by atoms with Crippen LogP contribution in [-0.4, -0.2) is 35.7 Å². The molecule has 0 fully saturated rings. The number of fused-ring (bicyclic) bond motifs is 1. The average molecular weight is 465 g/mol. The first-order valence-electron chi connectivity index (χ1n) is 9.31. The molecule has 1 aromatic heterocycles. The predicted molar refractivity (Wildman–Crippen MR) is 120 cm³/mol. The molecule has 0 atom stereocenters. The van der Waals surface area contributed by atoms with Crippen molar-refractivity contribution in [1.82, 2.24) is 9.97 Å². The molecule has 0 aliphatic rings. The molecule has 1 amide bonds. The Morgan fingerprint density at radius 1 is 1.23 bits per heavy atom. The second-order valence-corrected chi connectivity index (χ2v) is 6.83. The van der Waals surface area contributed by atoms with E-state index in [2.05, 4.69) is 20.6 Å². The zero-order chi connectivity index (χ0) is 22.2. The van der Waals surface area contributed by atoms with E-state index in [0.29, 0.717) is 47.1 Å². The number of amides is 1. The van der Waals surface area contributed by atoms with E-state index in [1.807, 2.05) is 6.92 Å². The van der Waals surface area contributed by atoms with E-state index >= 15 is 0 Å². The highest BCUT2D eigenvalue weighted by Crippen LogP contribution is 2.34. The van der Waals surface area contributed by atoms with Crippen molar-refractivity contribution >= 4 is 57.2 Å². The molecule has 7 nitrogen and oxygen atoms in total. The molecule has 31 heavy (non-hydrogen) atoms. The summed E-state index contributed by atoms with van der Waals surface area (Å²) in [6, 6.07) is 7.60. The number of carbonyl (C=O) groups is 1. The summed E-state index contributed by atoms with van der Waals surface area (Å²) in [6.07, 6.45) is 2.56. The van der Waals surface area contributed by atoms with Gasteiger partial charge in [-0.15, -0.1) is 0 Å². The van der Waals surface area contributed by atoms with Gasteiger partial charge in [0.15, 0.2) is 0 Å². The number of aromatic nitrogens is 2. The molecule has 2 aromatic carbocycles. The van der Waals surface area contributed by atoms with Gasteiger partial charge in [0.05, 0.1) is 22.8 Å². The molecule has 162 valence electrons. The van der Waals surface area contributed by atoms with E-state index in [4.69, 9.17) is 32.7 Å². The highest BCUT2D eigenvalue weighted by Gasteiger charge is 2.13. The maximum Gasteiger partial charge on any atom is 0.249 e. The molecule has 0 unspecified atom stereocenters. The van der Waals surface area contributed by atoms with Gasteiger partial charge in [-0.05, 0) is 31.2 Å². The van der Waals surface area contributed by atoms with Crippen LogP contribution in [-0.2, 0) is 9.53 Å². The Labute approximate surface area is 188 Å². The van der Waals surface area contributed by atoms with Crippen molar-refractivity contribution in [2.24, 2.45) is 0 Å². The number of hydrogen-bond donors (Lipinski definition) is 2. The average Bonchev–Trinajstić information content (AvgIpc) is 2.74. The quantitative estimate of drug-likeness (QED) is 0.331. The van der Waals surface area contributed by atoms with E-state index in [1.54, 1.807) is 12.1 Å². The fourth-order valence-corrected chi connectivity index (χ4v) is 2.99. The topological polar surface area (TPSA) is 85.4 Å². The number of ether oxygens (including phenoxy) is 2. The number of halogens is 3. The Morgan fingerprint density at radius 2 is 2.06 bits per heavy atom. The lowest BCUT2D eigenvalue weighted by Gasteiger charge is -2.15. The molecule has 2 N–H and O–H groups in total. The van der Waals surface area contributed by atoms with E-state index in [0.717, 1.165) is 5.54 Å². The van der Waals surface area contributed by atoms with Crippen LogP contribution in [0.2, 0.25) is 5.02 Å². The smallest absolute Gasteiger partial charge is 0.249 e. The third-order valence-electron chi connectivity index (χ3n) is 4.08. The lowest BCUT2D eigenvalue weighted by Crippen LogP contribution is -2.12. The van der Waals surface area contributed by atoms with Crippen molar-refractivity contribution in [1.29, 1.82) is 0 Å². The Morgan fingerprint density at radius 3 is 2.81 bits per heavy atom. The molecule has 0 spiro atoms. The summed E-state index contributed by atoms with van der Waals surface area (Å²) < 4.78 is 24.5. The minimum absolute atomic E-state index is 0.0193. The fraction of sp³-hybridized carbons (Fsp3) is 0.190.